The molecule has 2 heterocycles. The minimum Gasteiger partial charge on any atom is -0.475 e. The van der Waals surface area contributed by atoms with Gasteiger partial charge in [0.2, 0.25) is 11.5 Å². The molecule has 0 bridgehead atoms. The molecule has 0 radical (unpaired) electrons. The molecular formula is C12H10O6. The highest BCUT2D eigenvalue weighted by Gasteiger charge is 2.22. The highest BCUT2D eigenvalue weighted by molar-refractivity contribution is 5.88. The van der Waals surface area contributed by atoms with Crippen molar-refractivity contribution in [1.82, 2.24) is 0 Å². The van der Waals surface area contributed by atoms with Crippen LogP contribution in [0.5, 0.6) is 0 Å². The van der Waals surface area contributed by atoms with E-state index in [9.17, 15) is 9.59 Å². The average molecular weight is 250 g/mol. The van der Waals surface area contributed by atoms with Gasteiger partial charge in [-0.2, -0.15) is 0 Å². The van der Waals surface area contributed by atoms with Gasteiger partial charge in [-0.3, -0.25) is 0 Å². The van der Waals surface area contributed by atoms with Gasteiger partial charge in [0, 0.05) is 11.1 Å². The second kappa shape index (κ2) is 4.06. The van der Waals surface area contributed by atoms with Gasteiger partial charge in [-0.25, -0.2) is 9.59 Å². The van der Waals surface area contributed by atoms with Crippen molar-refractivity contribution < 1.29 is 28.6 Å². The van der Waals surface area contributed by atoms with E-state index in [4.69, 9.17) is 19.0 Å². The molecule has 2 N–H and O–H groups in total. The molecule has 94 valence electrons. The number of carbonyl (C=O) groups is 2. The molecule has 0 saturated heterocycles. The van der Waals surface area contributed by atoms with E-state index in [0.29, 0.717) is 11.1 Å². The van der Waals surface area contributed by atoms with E-state index in [-0.39, 0.29) is 23.0 Å². The van der Waals surface area contributed by atoms with Crippen LogP contribution in [0.4, 0.5) is 0 Å². The van der Waals surface area contributed by atoms with E-state index >= 15 is 0 Å². The Bertz CT molecular complexity index is 631. The van der Waals surface area contributed by atoms with Crippen LogP contribution in [0.3, 0.4) is 0 Å². The molecule has 0 unspecified atom stereocenters. The lowest BCUT2D eigenvalue weighted by Crippen LogP contribution is -1.95. The predicted molar refractivity (Wildman–Crippen MR) is 59.8 cm³/mol. The summed E-state index contributed by atoms with van der Waals surface area (Å²) in [6.45, 7) is 3.30. The monoisotopic (exact) mass is 250 g/mol. The van der Waals surface area contributed by atoms with E-state index in [0.717, 1.165) is 0 Å². The van der Waals surface area contributed by atoms with Gasteiger partial charge in [0.15, 0.2) is 11.5 Å². The number of carboxylic acids is 2. The fraction of sp³-hybridized carbons (Fsp3) is 0.167. The van der Waals surface area contributed by atoms with Crippen LogP contribution in [0.15, 0.2) is 21.0 Å². The van der Waals surface area contributed by atoms with Crippen LogP contribution in [0.25, 0.3) is 11.5 Å². The first-order valence-corrected chi connectivity index (χ1v) is 5.08. The number of rotatable bonds is 3. The summed E-state index contributed by atoms with van der Waals surface area (Å²) < 4.78 is 10.3. The van der Waals surface area contributed by atoms with E-state index in [1.165, 1.54) is 12.1 Å². The number of hydrogen-bond acceptors (Lipinski definition) is 4. The molecular weight excluding hydrogens is 240 g/mol. The summed E-state index contributed by atoms with van der Waals surface area (Å²) in [6.07, 6.45) is 0. The highest BCUT2D eigenvalue weighted by atomic mass is 16.4. The predicted octanol–water partition coefficient (Wildman–Crippen LogP) is 2.55. The Labute approximate surface area is 101 Å². The summed E-state index contributed by atoms with van der Waals surface area (Å²) in [5, 5.41) is 17.7. The van der Waals surface area contributed by atoms with Crippen molar-refractivity contribution in [3.05, 3.63) is 34.8 Å². The third-order valence-electron chi connectivity index (χ3n) is 2.68. The van der Waals surface area contributed by atoms with Crippen LogP contribution in [0.2, 0.25) is 0 Å². The maximum Gasteiger partial charge on any atom is 0.372 e. The standard InChI is InChI=1S/C12H10O6/c1-5-6(2)10(12(15)16)18-9(5)7-3-4-8(17-7)11(13)14/h3-4H,1-2H3,(H,13,14)(H,15,16). The quantitative estimate of drug-likeness (QED) is 0.868. The molecule has 6 nitrogen and oxygen atoms in total. The smallest absolute Gasteiger partial charge is 0.372 e. The number of aromatic carboxylic acids is 2. The third kappa shape index (κ3) is 1.77. The van der Waals surface area contributed by atoms with E-state index in [1.807, 2.05) is 0 Å². The van der Waals surface area contributed by atoms with Crippen molar-refractivity contribution >= 4 is 11.9 Å². The molecule has 6 heteroatoms. The zero-order chi connectivity index (χ0) is 13.4. The summed E-state index contributed by atoms with van der Waals surface area (Å²) in [6, 6.07) is 2.72. The zero-order valence-electron chi connectivity index (χ0n) is 9.68. The molecule has 2 aromatic rings. The van der Waals surface area contributed by atoms with Gasteiger partial charge in [0.1, 0.15) is 0 Å². The van der Waals surface area contributed by atoms with Crippen LogP contribution in [0.1, 0.15) is 32.2 Å². The SMILES string of the molecule is Cc1c(C(=O)O)oc(-c2ccc(C(=O)O)o2)c1C. The lowest BCUT2D eigenvalue weighted by atomic mass is 10.1. The third-order valence-corrected chi connectivity index (χ3v) is 2.68. The summed E-state index contributed by atoms with van der Waals surface area (Å²) in [5.74, 6) is -2.34. The Hall–Kier alpha value is -2.50. The molecule has 0 spiro atoms. The van der Waals surface area contributed by atoms with Gasteiger partial charge in [0.05, 0.1) is 0 Å². The van der Waals surface area contributed by atoms with Crippen molar-refractivity contribution in [2.45, 2.75) is 13.8 Å². The molecule has 0 fully saturated rings. The molecule has 0 saturated carbocycles. The van der Waals surface area contributed by atoms with Crippen LogP contribution >= 0.6 is 0 Å². The second-order valence-corrected chi connectivity index (χ2v) is 3.78. The number of carboxylic acid groups (broad SMARTS) is 2. The van der Waals surface area contributed by atoms with Crippen LogP contribution in [0, 0.1) is 13.8 Å². The Morgan fingerprint density at radius 3 is 2.11 bits per heavy atom. The second-order valence-electron chi connectivity index (χ2n) is 3.78. The fourth-order valence-electron chi connectivity index (χ4n) is 1.61. The summed E-state index contributed by atoms with van der Waals surface area (Å²) in [4.78, 5) is 21.6. The maximum atomic E-state index is 10.9. The lowest BCUT2D eigenvalue weighted by Gasteiger charge is -1.93. The molecule has 2 rings (SSSR count). The molecule has 0 aliphatic rings. The number of hydrogen-bond donors (Lipinski definition) is 2. The summed E-state index contributed by atoms with van der Waals surface area (Å²) in [5.41, 5.74) is 1.10. The molecule has 18 heavy (non-hydrogen) atoms. The average Bonchev–Trinajstić information content (AvgIpc) is 2.86. The first-order chi connectivity index (χ1) is 8.41. The van der Waals surface area contributed by atoms with Crippen molar-refractivity contribution in [1.29, 1.82) is 0 Å². The number of furan rings is 2. The minimum atomic E-state index is -1.19. The summed E-state index contributed by atoms with van der Waals surface area (Å²) in [7, 11) is 0. The van der Waals surface area contributed by atoms with E-state index in [2.05, 4.69) is 0 Å². The highest BCUT2D eigenvalue weighted by Crippen LogP contribution is 2.31. The van der Waals surface area contributed by atoms with Gasteiger partial charge in [0.25, 0.3) is 0 Å². The van der Waals surface area contributed by atoms with Gasteiger partial charge in [-0.05, 0) is 26.0 Å². The van der Waals surface area contributed by atoms with Crippen molar-refractivity contribution in [3.8, 4) is 11.5 Å². The minimum absolute atomic E-state index is 0.171. The van der Waals surface area contributed by atoms with Crippen LogP contribution in [-0.4, -0.2) is 22.2 Å². The lowest BCUT2D eigenvalue weighted by molar-refractivity contribution is 0.0649. The van der Waals surface area contributed by atoms with Crippen molar-refractivity contribution in [2.75, 3.05) is 0 Å². The molecule has 0 aliphatic heterocycles. The van der Waals surface area contributed by atoms with Crippen molar-refractivity contribution in [2.24, 2.45) is 0 Å². The normalized spacial score (nSPS) is 10.6. The van der Waals surface area contributed by atoms with Crippen LogP contribution in [-0.2, 0) is 0 Å². The largest absolute Gasteiger partial charge is 0.475 e. The molecule has 0 amide bonds. The first kappa shape index (κ1) is 12.0. The van der Waals surface area contributed by atoms with E-state index in [1.54, 1.807) is 13.8 Å². The van der Waals surface area contributed by atoms with Gasteiger partial charge < -0.3 is 19.0 Å². The van der Waals surface area contributed by atoms with E-state index < -0.39 is 11.9 Å². The molecule has 2 aromatic heterocycles. The van der Waals surface area contributed by atoms with Gasteiger partial charge in [-0.15, -0.1) is 0 Å². The maximum absolute atomic E-state index is 10.9. The molecule has 0 atom stereocenters. The Kier molecular flexibility index (Phi) is 2.70. The Balaban J connectivity index is 2.53. The first-order valence-electron chi connectivity index (χ1n) is 5.08. The molecule has 0 aromatic carbocycles. The van der Waals surface area contributed by atoms with Crippen LogP contribution < -0.4 is 0 Å². The van der Waals surface area contributed by atoms with Gasteiger partial charge in [-0.1, -0.05) is 0 Å². The van der Waals surface area contributed by atoms with Crippen molar-refractivity contribution in [3.63, 3.8) is 0 Å². The zero-order valence-corrected chi connectivity index (χ0v) is 9.68. The Morgan fingerprint density at radius 2 is 1.67 bits per heavy atom. The molecule has 0 aliphatic carbocycles. The topological polar surface area (TPSA) is 101 Å². The van der Waals surface area contributed by atoms with Gasteiger partial charge >= 0.3 is 11.9 Å². The fourth-order valence-corrected chi connectivity index (χ4v) is 1.61. The summed E-state index contributed by atoms with van der Waals surface area (Å²) >= 11 is 0. The Morgan fingerprint density at radius 1 is 1.00 bits per heavy atom.